The van der Waals surface area contributed by atoms with Gasteiger partial charge in [0, 0.05) is 11.4 Å². The third-order valence-corrected chi connectivity index (χ3v) is 6.14. The first-order valence-electron chi connectivity index (χ1n) is 12.2. The lowest BCUT2D eigenvalue weighted by molar-refractivity contribution is -0.113. The topological polar surface area (TPSA) is 148 Å². The minimum absolute atomic E-state index is 0.235. The largest absolute Gasteiger partial charge is 0.513 e. The van der Waals surface area contributed by atoms with Crippen molar-refractivity contribution in [1.29, 1.82) is 0 Å². The number of anilines is 2. The van der Waals surface area contributed by atoms with E-state index in [4.69, 9.17) is 23.2 Å². The summed E-state index contributed by atoms with van der Waals surface area (Å²) in [6.07, 6.45) is 1.11. The summed E-state index contributed by atoms with van der Waals surface area (Å²) >= 11 is 12.8. The third-order valence-electron chi connectivity index (χ3n) is 5.53. The zero-order chi connectivity index (χ0) is 29.9. The number of aliphatic hydroxyl groups is 2. The molecule has 0 saturated heterocycles. The fourth-order valence-electron chi connectivity index (χ4n) is 3.44. The number of halogens is 2. The second-order valence-electron chi connectivity index (χ2n) is 8.40. The van der Waals surface area contributed by atoms with Crippen molar-refractivity contribution in [3.05, 3.63) is 131 Å². The molecule has 0 unspecified atom stereocenters. The number of hydrogen-bond donors (Lipinski definition) is 4. The van der Waals surface area contributed by atoms with Gasteiger partial charge in [-0.15, -0.1) is 20.5 Å². The van der Waals surface area contributed by atoms with Gasteiger partial charge in [-0.3, -0.25) is 9.59 Å². The van der Waals surface area contributed by atoms with Crippen molar-refractivity contribution in [2.75, 3.05) is 10.6 Å². The third kappa shape index (κ3) is 7.87. The Morgan fingerprint density at radius 3 is 1.31 bits per heavy atom. The van der Waals surface area contributed by atoms with Crippen molar-refractivity contribution in [1.82, 2.24) is 0 Å². The van der Waals surface area contributed by atoms with Crippen LogP contribution in [0.25, 0.3) is 11.1 Å². The quantitative estimate of drug-likeness (QED) is 0.0861. The Morgan fingerprint density at radius 2 is 0.976 bits per heavy atom. The van der Waals surface area contributed by atoms with Gasteiger partial charge >= 0.3 is 0 Å². The highest BCUT2D eigenvalue weighted by molar-refractivity contribution is 6.34. The summed E-state index contributed by atoms with van der Waals surface area (Å²) in [5, 5.41) is 40.2. The molecule has 0 aromatic heterocycles. The van der Waals surface area contributed by atoms with Crippen LogP contribution in [0.5, 0.6) is 0 Å². The van der Waals surface area contributed by atoms with Crippen molar-refractivity contribution >= 4 is 57.8 Å². The molecule has 42 heavy (non-hydrogen) atoms. The van der Waals surface area contributed by atoms with Crippen LogP contribution in [0.2, 0.25) is 10.0 Å². The zero-order valence-corrected chi connectivity index (χ0v) is 23.2. The van der Waals surface area contributed by atoms with E-state index in [0.717, 1.165) is 0 Å². The molecule has 12 heteroatoms. The van der Waals surface area contributed by atoms with Crippen LogP contribution in [0.15, 0.2) is 141 Å². The molecular weight excluding hydrogens is 579 g/mol. The highest BCUT2D eigenvalue weighted by atomic mass is 35.5. The van der Waals surface area contributed by atoms with E-state index in [1.165, 1.54) is 0 Å². The summed E-state index contributed by atoms with van der Waals surface area (Å²) in [5.74, 6) is -1.30. The van der Waals surface area contributed by atoms with Gasteiger partial charge in [0.05, 0.1) is 10.0 Å². The number of aliphatic hydroxyl groups excluding tert-OH is 2. The molecule has 4 N–H and O–H groups in total. The highest BCUT2D eigenvalue weighted by Crippen LogP contribution is 2.35. The smallest absolute Gasteiger partial charge is 0.279 e. The highest BCUT2D eigenvalue weighted by Gasteiger charge is 2.12. The molecule has 0 atom stereocenters. The Labute approximate surface area is 250 Å². The summed E-state index contributed by atoms with van der Waals surface area (Å²) in [5.41, 5.74) is 2.36. The number of nitrogens with one attached hydrogen (secondary N) is 2. The molecule has 4 rings (SSSR count). The molecule has 0 spiro atoms. The maximum Gasteiger partial charge on any atom is 0.279 e. The van der Waals surface area contributed by atoms with Crippen LogP contribution in [0.1, 0.15) is 0 Å². The minimum atomic E-state index is -0.648. The Kier molecular flexibility index (Phi) is 10.1. The number of hydrogen-bond acceptors (Lipinski definition) is 8. The summed E-state index contributed by atoms with van der Waals surface area (Å²) in [6, 6.07) is 27.3. The summed E-state index contributed by atoms with van der Waals surface area (Å²) in [4.78, 5) is 24.7. The van der Waals surface area contributed by atoms with E-state index >= 15 is 0 Å². The van der Waals surface area contributed by atoms with Crippen molar-refractivity contribution in [3.8, 4) is 11.1 Å². The maximum absolute atomic E-state index is 12.4. The lowest BCUT2D eigenvalue weighted by atomic mass is 10.1. The molecular formula is C30H22Cl2N6O4. The molecule has 0 aliphatic heterocycles. The van der Waals surface area contributed by atoms with E-state index in [1.54, 1.807) is 97.1 Å². The number of carbonyl (C=O) groups excluding carboxylic acids is 2. The van der Waals surface area contributed by atoms with Crippen LogP contribution in [0.3, 0.4) is 0 Å². The van der Waals surface area contributed by atoms with Crippen molar-refractivity contribution in [2.45, 2.75) is 0 Å². The monoisotopic (exact) mass is 600 g/mol. The SMILES string of the molecule is O=C(Nc1ccccc1)/C(=C\O)N=Nc1ccc(-c2ccc(N=N/C(=C/O)C(=O)Nc3ccccc3)c(Cl)c2)cc1Cl. The number of amides is 2. The van der Waals surface area contributed by atoms with Gasteiger partial charge < -0.3 is 20.8 Å². The number of para-hydroxylation sites is 2. The molecule has 4 aromatic carbocycles. The maximum atomic E-state index is 12.4. The van der Waals surface area contributed by atoms with Crippen LogP contribution < -0.4 is 10.6 Å². The summed E-state index contributed by atoms with van der Waals surface area (Å²) in [7, 11) is 0. The van der Waals surface area contributed by atoms with Crippen LogP contribution >= 0.6 is 23.2 Å². The van der Waals surface area contributed by atoms with E-state index in [-0.39, 0.29) is 32.8 Å². The molecule has 0 bridgehead atoms. The Balaban J connectivity index is 1.44. The molecule has 210 valence electrons. The van der Waals surface area contributed by atoms with E-state index in [9.17, 15) is 19.8 Å². The standard InChI is InChI=1S/C30H22Cl2N6O4/c31-23-15-19(11-13-25(23)35-37-27(17-39)29(41)33-21-7-3-1-4-8-21)20-12-14-26(24(32)16-20)36-38-28(18-40)30(42)34-22-9-5-2-6-10-22/h1-18,39-40H,(H,33,41)(H,34,42)/b27-17+,28-18+,37-35?,38-36?. The van der Waals surface area contributed by atoms with Gasteiger partial charge in [-0.05, 0) is 59.7 Å². The number of carbonyl (C=O) groups is 2. The predicted molar refractivity (Wildman–Crippen MR) is 162 cm³/mol. The summed E-state index contributed by atoms with van der Waals surface area (Å²) < 4.78 is 0. The lowest BCUT2D eigenvalue weighted by Crippen LogP contribution is -2.13. The Hall–Kier alpha value is -5.32. The molecule has 0 fully saturated rings. The van der Waals surface area contributed by atoms with Crippen LogP contribution in [0, 0.1) is 0 Å². The second-order valence-corrected chi connectivity index (χ2v) is 9.22. The minimum Gasteiger partial charge on any atom is -0.513 e. The molecule has 0 saturated carbocycles. The molecule has 0 heterocycles. The van der Waals surface area contributed by atoms with E-state index in [0.29, 0.717) is 35.0 Å². The number of azo groups is 2. The van der Waals surface area contributed by atoms with Crippen molar-refractivity contribution < 1.29 is 19.8 Å². The fraction of sp³-hybridized carbons (Fsp3) is 0. The van der Waals surface area contributed by atoms with E-state index in [2.05, 4.69) is 31.1 Å². The lowest BCUT2D eigenvalue weighted by Gasteiger charge is -2.07. The zero-order valence-electron chi connectivity index (χ0n) is 21.6. The van der Waals surface area contributed by atoms with Gasteiger partial charge in [0.2, 0.25) is 0 Å². The average Bonchev–Trinajstić information content (AvgIpc) is 3.00. The van der Waals surface area contributed by atoms with Gasteiger partial charge in [-0.25, -0.2) is 0 Å². The molecule has 4 aromatic rings. The molecule has 0 aliphatic rings. The van der Waals surface area contributed by atoms with Gasteiger partial charge in [-0.1, -0.05) is 71.7 Å². The van der Waals surface area contributed by atoms with Gasteiger partial charge in [0.25, 0.3) is 11.8 Å². The number of rotatable bonds is 9. The average molecular weight is 601 g/mol. The van der Waals surface area contributed by atoms with Gasteiger partial charge in [0.15, 0.2) is 11.4 Å². The summed E-state index contributed by atoms with van der Waals surface area (Å²) in [6.45, 7) is 0. The predicted octanol–water partition coefficient (Wildman–Crippen LogP) is 8.90. The fourth-order valence-corrected chi connectivity index (χ4v) is 3.88. The molecule has 2 amide bonds. The van der Waals surface area contributed by atoms with Crippen LogP contribution in [-0.2, 0) is 9.59 Å². The van der Waals surface area contributed by atoms with E-state index in [1.807, 2.05) is 0 Å². The number of benzene rings is 4. The van der Waals surface area contributed by atoms with Crippen LogP contribution in [-0.4, -0.2) is 22.0 Å². The second kappa shape index (κ2) is 14.4. The normalized spacial score (nSPS) is 12.0. The van der Waals surface area contributed by atoms with Crippen molar-refractivity contribution in [2.24, 2.45) is 20.5 Å². The van der Waals surface area contributed by atoms with Crippen LogP contribution in [0.4, 0.5) is 22.7 Å². The Bertz CT molecular complexity index is 1580. The first-order valence-corrected chi connectivity index (χ1v) is 13.0. The Morgan fingerprint density at radius 1 is 0.595 bits per heavy atom. The van der Waals surface area contributed by atoms with Crippen molar-refractivity contribution in [3.63, 3.8) is 0 Å². The molecule has 10 nitrogen and oxygen atoms in total. The van der Waals surface area contributed by atoms with Gasteiger partial charge in [-0.2, -0.15) is 0 Å². The van der Waals surface area contributed by atoms with Gasteiger partial charge in [0.1, 0.15) is 23.9 Å². The first-order chi connectivity index (χ1) is 20.4. The molecule has 0 aliphatic carbocycles. The molecule has 0 radical (unpaired) electrons. The first kappa shape index (κ1) is 29.7. The number of nitrogens with zero attached hydrogens (tertiary/aromatic N) is 4. The van der Waals surface area contributed by atoms with E-state index < -0.39 is 11.8 Å².